The summed E-state index contributed by atoms with van der Waals surface area (Å²) in [6.07, 6.45) is 2.36. The summed E-state index contributed by atoms with van der Waals surface area (Å²) in [5, 5.41) is 3.40. The van der Waals surface area contributed by atoms with Crippen LogP contribution in [0.2, 0.25) is 5.02 Å². The molecule has 2 N–H and O–H groups in total. The lowest BCUT2D eigenvalue weighted by Gasteiger charge is -2.32. The number of piperidine rings is 1. The lowest BCUT2D eigenvalue weighted by molar-refractivity contribution is -0.116. The van der Waals surface area contributed by atoms with Crippen molar-refractivity contribution in [3.63, 3.8) is 0 Å². The molecule has 4 rings (SSSR count). The topological polar surface area (TPSA) is 78.1 Å². The number of hydrogen-bond acceptors (Lipinski definition) is 4. The van der Waals surface area contributed by atoms with Crippen molar-refractivity contribution in [1.82, 2.24) is 9.97 Å². The molecule has 7 heteroatoms. The smallest absolute Gasteiger partial charge is 0.258 e. The summed E-state index contributed by atoms with van der Waals surface area (Å²) in [4.78, 5) is 34.7. The van der Waals surface area contributed by atoms with Gasteiger partial charge in [0, 0.05) is 30.5 Å². The number of nitrogens with zero attached hydrogens (tertiary/aromatic N) is 2. The molecule has 2 aliphatic heterocycles. The number of anilines is 2. The molecule has 0 spiro atoms. The molecule has 6 nitrogen and oxygen atoms in total. The van der Waals surface area contributed by atoms with Gasteiger partial charge in [-0.25, -0.2) is 0 Å². The van der Waals surface area contributed by atoms with E-state index in [0.717, 1.165) is 31.5 Å². The van der Waals surface area contributed by atoms with Crippen molar-refractivity contribution in [2.75, 3.05) is 23.3 Å². The molecule has 2 aliphatic rings. The summed E-state index contributed by atoms with van der Waals surface area (Å²) in [6, 6.07) is 7.26. The summed E-state index contributed by atoms with van der Waals surface area (Å²) >= 11 is 5.96. The van der Waals surface area contributed by atoms with Gasteiger partial charge in [-0.3, -0.25) is 14.6 Å². The van der Waals surface area contributed by atoms with E-state index in [1.807, 2.05) is 12.1 Å². The van der Waals surface area contributed by atoms with E-state index in [4.69, 9.17) is 11.6 Å². The normalized spacial score (nSPS) is 20.6. The molecule has 0 saturated carbocycles. The highest BCUT2D eigenvalue weighted by atomic mass is 35.5. The van der Waals surface area contributed by atoms with Crippen LogP contribution in [0.15, 0.2) is 29.1 Å². The van der Waals surface area contributed by atoms with Gasteiger partial charge in [0.25, 0.3) is 5.56 Å². The summed E-state index contributed by atoms with van der Waals surface area (Å²) in [7, 11) is 0. The Hall–Kier alpha value is -2.34. The van der Waals surface area contributed by atoms with Gasteiger partial charge in [-0.05, 0) is 36.5 Å². The highest BCUT2D eigenvalue weighted by molar-refractivity contribution is 6.30. The summed E-state index contributed by atoms with van der Waals surface area (Å²) in [5.41, 5.74) is 1.21. The Morgan fingerprint density at radius 3 is 2.54 bits per heavy atom. The predicted octanol–water partition coefficient (Wildman–Crippen LogP) is 3.13. The Labute approximate surface area is 156 Å². The fraction of sp³-hybridized carbons (Fsp3) is 0.421. The third-order valence-corrected chi connectivity index (χ3v) is 5.55. The molecular weight excluding hydrogens is 352 g/mol. The highest BCUT2D eigenvalue weighted by Crippen LogP contribution is 2.35. The van der Waals surface area contributed by atoms with Crippen LogP contribution in [0.5, 0.6) is 0 Å². The van der Waals surface area contributed by atoms with Crippen LogP contribution in [0.3, 0.4) is 0 Å². The number of benzene rings is 1. The number of halogens is 1. The number of carbonyl (C=O) groups excluding carboxylic acids is 1. The largest absolute Gasteiger partial charge is 0.342 e. The van der Waals surface area contributed by atoms with Crippen LogP contribution in [0.4, 0.5) is 11.8 Å². The second-order valence-electron chi connectivity index (χ2n) is 7.18. The highest BCUT2D eigenvalue weighted by Gasteiger charge is 2.31. The van der Waals surface area contributed by atoms with Gasteiger partial charge >= 0.3 is 0 Å². The molecule has 1 fully saturated rings. The van der Waals surface area contributed by atoms with Gasteiger partial charge in [0.1, 0.15) is 5.82 Å². The van der Waals surface area contributed by atoms with Crippen LogP contribution in [0, 0.1) is 5.92 Å². The van der Waals surface area contributed by atoms with Crippen molar-refractivity contribution in [2.24, 2.45) is 5.92 Å². The number of hydrogen-bond donors (Lipinski definition) is 2. The summed E-state index contributed by atoms with van der Waals surface area (Å²) < 4.78 is 0. The number of fused-ring (bicyclic) bond motifs is 1. The van der Waals surface area contributed by atoms with E-state index in [0.29, 0.717) is 28.3 Å². The van der Waals surface area contributed by atoms with Crippen LogP contribution < -0.4 is 15.8 Å². The van der Waals surface area contributed by atoms with E-state index < -0.39 is 0 Å². The van der Waals surface area contributed by atoms with E-state index in [2.05, 4.69) is 27.1 Å². The average molecular weight is 373 g/mol. The van der Waals surface area contributed by atoms with Gasteiger partial charge in [0.15, 0.2) is 0 Å². The lowest BCUT2D eigenvalue weighted by atomic mass is 9.87. The number of nitrogens with one attached hydrogen (secondary N) is 2. The maximum Gasteiger partial charge on any atom is 0.258 e. The number of aromatic amines is 1. The zero-order valence-electron chi connectivity index (χ0n) is 14.6. The average Bonchev–Trinajstić information content (AvgIpc) is 2.62. The van der Waals surface area contributed by atoms with Crippen LogP contribution in [0.1, 0.15) is 43.2 Å². The fourth-order valence-corrected chi connectivity index (χ4v) is 3.84. The number of amides is 1. The maximum atomic E-state index is 12.8. The van der Waals surface area contributed by atoms with Crippen molar-refractivity contribution < 1.29 is 4.79 Å². The number of aromatic nitrogens is 2. The van der Waals surface area contributed by atoms with E-state index >= 15 is 0 Å². The number of H-pyrrole nitrogens is 1. The molecule has 1 unspecified atom stereocenters. The molecule has 3 heterocycles. The molecule has 1 aromatic heterocycles. The van der Waals surface area contributed by atoms with Gasteiger partial charge in [-0.2, -0.15) is 4.98 Å². The second-order valence-corrected chi connectivity index (χ2v) is 7.61. The predicted molar refractivity (Wildman–Crippen MR) is 102 cm³/mol. The first-order valence-electron chi connectivity index (χ1n) is 8.95. The molecule has 1 saturated heterocycles. The van der Waals surface area contributed by atoms with Gasteiger partial charge in [0.2, 0.25) is 11.9 Å². The monoisotopic (exact) mass is 372 g/mol. The van der Waals surface area contributed by atoms with Gasteiger partial charge < -0.3 is 10.2 Å². The van der Waals surface area contributed by atoms with Crippen molar-refractivity contribution in [1.29, 1.82) is 0 Å². The number of carbonyl (C=O) groups is 1. The molecule has 2 aromatic rings. The molecule has 1 atom stereocenters. The quantitative estimate of drug-likeness (QED) is 0.848. The third kappa shape index (κ3) is 3.21. The molecule has 1 aromatic carbocycles. The fourth-order valence-electron chi connectivity index (χ4n) is 3.71. The summed E-state index contributed by atoms with van der Waals surface area (Å²) in [5.74, 6) is 1.15. The zero-order chi connectivity index (χ0) is 18.3. The Bertz CT molecular complexity index is 885. The Morgan fingerprint density at radius 2 is 1.85 bits per heavy atom. The molecule has 0 aliphatic carbocycles. The Balaban J connectivity index is 1.73. The van der Waals surface area contributed by atoms with Crippen molar-refractivity contribution in [2.45, 2.75) is 32.1 Å². The summed E-state index contributed by atoms with van der Waals surface area (Å²) in [6.45, 7) is 3.95. The molecule has 1 amide bonds. The Morgan fingerprint density at radius 1 is 1.15 bits per heavy atom. The van der Waals surface area contributed by atoms with Gasteiger partial charge in [-0.15, -0.1) is 0 Å². The molecule has 0 bridgehead atoms. The van der Waals surface area contributed by atoms with E-state index in [9.17, 15) is 9.59 Å². The van der Waals surface area contributed by atoms with Gasteiger partial charge in [0.05, 0.1) is 5.56 Å². The van der Waals surface area contributed by atoms with Crippen LogP contribution in [-0.4, -0.2) is 29.0 Å². The van der Waals surface area contributed by atoms with Crippen molar-refractivity contribution in [3.8, 4) is 0 Å². The minimum Gasteiger partial charge on any atom is -0.342 e. The number of rotatable bonds is 2. The molecule has 0 radical (unpaired) electrons. The SMILES string of the molecule is CC1CCN(c2nc3c(c(=O)[nH]2)C(c2ccc(Cl)cc2)CC(=O)N3)CC1. The lowest BCUT2D eigenvalue weighted by Crippen LogP contribution is -2.37. The molecule has 136 valence electrons. The van der Waals surface area contributed by atoms with E-state index in [1.165, 1.54) is 0 Å². The van der Waals surface area contributed by atoms with Crippen LogP contribution in [0.25, 0.3) is 0 Å². The van der Waals surface area contributed by atoms with Gasteiger partial charge in [-0.1, -0.05) is 30.7 Å². The van der Waals surface area contributed by atoms with Crippen LogP contribution >= 0.6 is 11.6 Å². The second kappa shape index (κ2) is 6.76. The van der Waals surface area contributed by atoms with Crippen LogP contribution in [-0.2, 0) is 4.79 Å². The first-order valence-corrected chi connectivity index (χ1v) is 9.33. The minimum atomic E-state index is -0.317. The van der Waals surface area contributed by atoms with E-state index in [-0.39, 0.29) is 23.8 Å². The minimum absolute atomic E-state index is 0.131. The van der Waals surface area contributed by atoms with E-state index in [1.54, 1.807) is 12.1 Å². The first-order chi connectivity index (χ1) is 12.5. The maximum absolute atomic E-state index is 12.8. The first kappa shape index (κ1) is 17.1. The molecular formula is C19H21ClN4O2. The van der Waals surface area contributed by atoms with Crippen molar-refractivity contribution in [3.05, 3.63) is 50.8 Å². The third-order valence-electron chi connectivity index (χ3n) is 5.29. The zero-order valence-corrected chi connectivity index (χ0v) is 15.3. The Kier molecular flexibility index (Phi) is 4.44. The standard InChI is InChI=1S/C19H21ClN4O2/c1-11-6-8-24(9-7-11)19-22-17-16(18(26)23-19)14(10-15(25)21-17)12-2-4-13(20)5-3-12/h2-5,11,14H,6-10H2,1H3,(H2,21,22,23,25,26). The molecule has 26 heavy (non-hydrogen) atoms. The van der Waals surface area contributed by atoms with Crippen molar-refractivity contribution >= 4 is 29.3 Å².